The fraction of sp³-hybridized carbons (Fsp3) is 0.583. The molecule has 0 radical (unpaired) electrons. The Morgan fingerprint density at radius 1 is 1.35 bits per heavy atom. The maximum atomic E-state index is 11.1. The first-order valence-corrected chi connectivity index (χ1v) is 6.15. The highest BCUT2D eigenvalue weighted by Gasteiger charge is 2.19. The largest absolute Gasteiger partial charge is 0.356 e. The van der Waals surface area contributed by atoms with E-state index in [4.69, 9.17) is 11.6 Å². The van der Waals surface area contributed by atoms with Crippen LogP contribution in [-0.2, 0) is 0 Å². The van der Waals surface area contributed by atoms with Gasteiger partial charge >= 0.3 is 0 Å². The summed E-state index contributed by atoms with van der Waals surface area (Å²) in [6, 6.07) is 0.346. The van der Waals surface area contributed by atoms with Crippen LogP contribution in [0.5, 0.6) is 0 Å². The maximum absolute atomic E-state index is 11.1. The molecule has 0 aliphatic carbocycles. The normalized spacial score (nSPS) is 10.7. The van der Waals surface area contributed by atoms with Gasteiger partial charge < -0.3 is 4.90 Å². The smallest absolute Gasteiger partial charge is 0.156 e. The van der Waals surface area contributed by atoms with Crippen LogP contribution in [0.25, 0.3) is 0 Å². The lowest BCUT2D eigenvalue weighted by atomic mass is 10.1. The van der Waals surface area contributed by atoms with Crippen molar-refractivity contribution < 1.29 is 4.79 Å². The molecule has 1 heterocycles. The van der Waals surface area contributed by atoms with Gasteiger partial charge in [-0.3, -0.25) is 4.79 Å². The van der Waals surface area contributed by atoms with Gasteiger partial charge in [-0.15, -0.1) is 0 Å². The van der Waals surface area contributed by atoms with E-state index in [1.165, 1.54) is 0 Å². The fourth-order valence-electron chi connectivity index (χ4n) is 1.91. The Labute approximate surface area is 107 Å². The summed E-state index contributed by atoms with van der Waals surface area (Å²) >= 11 is 5.96. The van der Waals surface area contributed by atoms with Crippen molar-refractivity contribution in [3.63, 3.8) is 0 Å². The van der Waals surface area contributed by atoms with Gasteiger partial charge in [0.1, 0.15) is 16.8 Å². The van der Waals surface area contributed by atoms with Crippen LogP contribution in [0.15, 0.2) is 0 Å². The number of aromatic nitrogens is 2. The van der Waals surface area contributed by atoms with Crippen molar-refractivity contribution in [1.82, 2.24) is 9.97 Å². The second-order valence-electron chi connectivity index (χ2n) is 4.00. The van der Waals surface area contributed by atoms with E-state index >= 15 is 0 Å². The highest BCUT2D eigenvalue weighted by Crippen LogP contribution is 2.24. The van der Waals surface area contributed by atoms with Crippen LogP contribution < -0.4 is 4.90 Å². The Balaban J connectivity index is 3.24. The molecule has 0 spiro atoms. The van der Waals surface area contributed by atoms with E-state index in [1.807, 2.05) is 11.9 Å². The van der Waals surface area contributed by atoms with E-state index in [0.717, 1.165) is 19.1 Å². The Kier molecular flexibility index (Phi) is 4.87. The number of hydrogen-bond donors (Lipinski definition) is 0. The van der Waals surface area contributed by atoms with Gasteiger partial charge in [0.15, 0.2) is 6.29 Å². The van der Waals surface area contributed by atoms with Crippen LogP contribution in [0.2, 0.25) is 5.15 Å². The zero-order valence-electron chi connectivity index (χ0n) is 10.7. The number of aryl methyl sites for hydroxylation is 1. The lowest BCUT2D eigenvalue weighted by molar-refractivity contribution is 0.112. The highest BCUT2D eigenvalue weighted by molar-refractivity contribution is 6.32. The topological polar surface area (TPSA) is 46.1 Å². The summed E-state index contributed by atoms with van der Waals surface area (Å²) in [5, 5.41) is 0.223. The van der Waals surface area contributed by atoms with Crippen molar-refractivity contribution in [1.29, 1.82) is 0 Å². The average molecular weight is 256 g/mol. The number of hydrogen-bond acceptors (Lipinski definition) is 4. The quantitative estimate of drug-likeness (QED) is 0.600. The predicted octanol–water partition coefficient (Wildman–Crippen LogP) is 2.88. The molecule has 0 saturated carbocycles. The molecule has 4 nitrogen and oxygen atoms in total. The summed E-state index contributed by atoms with van der Waals surface area (Å²) in [5.74, 6) is 1.19. The first-order chi connectivity index (χ1) is 8.04. The van der Waals surface area contributed by atoms with Gasteiger partial charge in [-0.25, -0.2) is 9.97 Å². The minimum absolute atomic E-state index is 0.223. The average Bonchev–Trinajstić information content (AvgIpc) is 2.29. The van der Waals surface area contributed by atoms with Crippen LogP contribution in [0.1, 0.15) is 42.9 Å². The molecule has 17 heavy (non-hydrogen) atoms. The molecule has 0 bridgehead atoms. The Morgan fingerprint density at radius 2 is 1.94 bits per heavy atom. The van der Waals surface area contributed by atoms with E-state index in [0.29, 0.717) is 23.2 Å². The third-order valence-electron chi connectivity index (χ3n) is 2.93. The first kappa shape index (κ1) is 13.9. The van der Waals surface area contributed by atoms with Crippen molar-refractivity contribution in [2.24, 2.45) is 0 Å². The van der Waals surface area contributed by atoms with Crippen LogP contribution in [-0.4, -0.2) is 29.3 Å². The van der Waals surface area contributed by atoms with E-state index in [-0.39, 0.29) is 5.15 Å². The molecule has 1 aromatic rings. The zero-order chi connectivity index (χ0) is 13.0. The molecule has 94 valence electrons. The highest BCUT2D eigenvalue weighted by atomic mass is 35.5. The van der Waals surface area contributed by atoms with Gasteiger partial charge in [-0.1, -0.05) is 25.4 Å². The molecule has 0 N–H and O–H groups in total. The SMILES string of the molecule is CCC(CC)N(C)c1nc(C)nc(Cl)c1C=O. The van der Waals surface area contributed by atoms with Crippen molar-refractivity contribution in [2.75, 3.05) is 11.9 Å². The van der Waals surface area contributed by atoms with E-state index in [1.54, 1.807) is 6.92 Å². The molecular formula is C12H18ClN3O. The molecule has 0 aromatic carbocycles. The Bertz CT molecular complexity index is 405. The van der Waals surface area contributed by atoms with Crippen molar-refractivity contribution in [3.05, 3.63) is 16.5 Å². The standard InChI is InChI=1S/C12H18ClN3O/c1-5-9(6-2)16(4)12-10(7-17)11(13)14-8(3)15-12/h7,9H,5-6H2,1-4H3. The van der Waals surface area contributed by atoms with E-state index in [9.17, 15) is 4.79 Å². The number of carbonyl (C=O) groups is 1. The summed E-state index contributed by atoms with van der Waals surface area (Å²) in [5.41, 5.74) is 0.367. The summed E-state index contributed by atoms with van der Waals surface area (Å²) in [4.78, 5) is 21.4. The number of rotatable bonds is 5. The van der Waals surface area contributed by atoms with Crippen LogP contribution in [0, 0.1) is 6.92 Å². The van der Waals surface area contributed by atoms with Crippen molar-refractivity contribution in [2.45, 2.75) is 39.7 Å². The summed E-state index contributed by atoms with van der Waals surface area (Å²) in [7, 11) is 1.93. The third-order valence-corrected chi connectivity index (χ3v) is 3.22. The maximum Gasteiger partial charge on any atom is 0.156 e. The predicted molar refractivity (Wildman–Crippen MR) is 69.9 cm³/mol. The van der Waals surface area contributed by atoms with E-state index < -0.39 is 0 Å². The number of aldehydes is 1. The third kappa shape index (κ3) is 2.94. The molecule has 0 saturated heterocycles. The van der Waals surface area contributed by atoms with Gasteiger partial charge in [0.2, 0.25) is 0 Å². The second kappa shape index (κ2) is 5.96. The van der Waals surface area contributed by atoms with Crippen LogP contribution in [0.4, 0.5) is 5.82 Å². The van der Waals surface area contributed by atoms with Gasteiger partial charge in [-0.2, -0.15) is 0 Å². The minimum atomic E-state index is 0.223. The molecule has 0 atom stereocenters. The molecule has 0 unspecified atom stereocenters. The van der Waals surface area contributed by atoms with Crippen molar-refractivity contribution >= 4 is 23.7 Å². The number of nitrogens with zero attached hydrogens (tertiary/aromatic N) is 3. The number of carbonyl (C=O) groups excluding carboxylic acids is 1. The van der Waals surface area contributed by atoms with Gasteiger partial charge in [0, 0.05) is 13.1 Å². The van der Waals surface area contributed by atoms with E-state index in [2.05, 4.69) is 23.8 Å². The van der Waals surface area contributed by atoms with Gasteiger partial charge in [0.05, 0.1) is 5.56 Å². The summed E-state index contributed by atoms with van der Waals surface area (Å²) < 4.78 is 0. The second-order valence-corrected chi connectivity index (χ2v) is 4.36. The molecule has 0 fully saturated rings. The van der Waals surface area contributed by atoms with Gasteiger partial charge in [0.25, 0.3) is 0 Å². The fourth-order valence-corrected chi connectivity index (χ4v) is 2.16. The Hall–Kier alpha value is -1.16. The minimum Gasteiger partial charge on any atom is -0.356 e. The van der Waals surface area contributed by atoms with Crippen LogP contribution >= 0.6 is 11.6 Å². The zero-order valence-corrected chi connectivity index (χ0v) is 11.5. The monoisotopic (exact) mass is 255 g/mol. The Morgan fingerprint density at radius 3 is 2.41 bits per heavy atom. The molecule has 5 heteroatoms. The molecule has 0 aliphatic heterocycles. The van der Waals surface area contributed by atoms with Crippen molar-refractivity contribution in [3.8, 4) is 0 Å². The molecular weight excluding hydrogens is 238 g/mol. The van der Waals surface area contributed by atoms with Crippen LogP contribution in [0.3, 0.4) is 0 Å². The summed E-state index contributed by atoms with van der Waals surface area (Å²) in [6.07, 6.45) is 2.70. The molecule has 1 aromatic heterocycles. The molecule has 1 rings (SSSR count). The number of anilines is 1. The molecule has 0 amide bonds. The molecule has 0 aliphatic rings. The number of halogens is 1. The van der Waals surface area contributed by atoms with Gasteiger partial charge in [-0.05, 0) is 19.8 Å². The lowest BCUT2D eigenvalue weighted by Gasteiger charge is -2.28. The first-order valence-electron chi connectivity index (χ1n) is 5.77. The summed E-state index contributed by atoms with van der Waals surface area (Å²) in [6.45, 7) is 5.99. The lowest BCUT2D eigenvalue weighted by Crippen LogP contribution is -2.32.